The van der Waals surface area contributed by atoms with E-state index in [1.165, 1.54) is 12.1 Å². The molecule has 0 fully saturated rings. The zero-order valence-corrected chi connectivity index (χ0v) is 13.3. The van der Waals surface area contributed by atoms with Gasteiger partial charge in [0.2, 0.25) is 0 Å². The third-order valence-corrected chi connectivity index (χ3v) is 4.26. The molecule has 1 N–H and O–H groups in total. The first-order valence-corrected chi connectivity index (χ1v) is 7.37. The van der Waals surface area contributed by atoms with E-state index in [1.807, 2.05) is 6.07 Å². The number of halogens is 2. The van der Waals surface area contributed by atoms with Crippen LogP contribution in [0.15, 0.2) is 42.5 Å². The lowest BCUT2D eigenvalue weighted by molar-refractivity contribution is -0.120. The van der Waals surface area contributed by atoms with E-state index in [0.717, 1.165) is 0 Å². The SMILES string of the molecule is CC(C(=O)C(C#N)c1ccc(Cl)c(Cl)c1)c1ccccc1O. The summed E-state index contributed by atoms with van der Waals surface area (Å²) in [7, 11) is 0. The molecule has 0 spiro atoms. The number of hydrogen-bond acceptors (Lipinski definition) is 3. The van der Waals surface area contributed by atoms with Gasteiger partial charge in [-0.05, 0) is 23.8 Å². The van der Waals surface area contributed by atoms with E-state index in [9.17, 15) is 15.2 Å². The lowest BCUT2D eigenvalue weighted by Crippen LogP contribution is -2.18. The van der Waals surface area contributed by atoms with E-state index in [2.05, 4.69) is 0 Å². The van der Waals surface area contributed by atoms with Crippen molar-refractivity contribution in [3.05, 3.63) is 63.6 Å². The van der Waals surface area contributed by atoms with Crippen molar-refractivity contribution >= 4 is 29.0 Å². The van der Waals surface area contributed by atoms with Gasteiger partial charge in [-0.3, -0.25) is 4.79 Å². The third-order valence-electron chi connectivity index (χ3n) is 3.52. The molecule has 2 aromatic rings. The Kier molecular flexibility index (Phi) is 5.07. The number of para-hydroxylation sites is 1. The maximum Gasteiger partial charge on any atom is 0.161 e. The van der Waals surface area contributed by atoms with Crippen LogP contribution in [0.2, 0.25) is 10.0 Å². The predicted molar refractivity (Wildman–Crippen MR) is 86.3 cm³/mol. The molecule has 0 heterocycles. The summed E-state index contributed by atoms with van der Waals surface area (Å²) in [6, 6.07) is 13.3. The first-order valence-electron chi connectivity index (χ1n) is 6.62. The molecule has 112 valence electrons. The maximum atomic E-state index is 12.6. The van der Waals surface area contributed by atoms with Gasteiger partial charge in [0.1, 0.15) is 11.7 Å². The van der Waals surface area contributed by atoms with Gasteiger partial charge >= 0.3 is 0 Å². The van der Waals surface area contributed by atoms with E-state index >= 15 is 0 Å². The van der Waals surface area contributed by atoms with Crippen LogP contribution in [0.4, 0.5) is 0 Å². The summed E-state index contributed by atoms with van der Waals surface area (Å²) in [5, 5.41) is 19.9. The minimum absolute atomic E-state index is 0.0363. The van der Waals surface area contributed by atoms with Gasteiger partial charge in [0.05, 0.1) is 16.1 Å². The Hall–Kier alpha value is -2.02. The zero-order chi connectivity index (χ0) is 16.3. The number of hydrogen-bond donors (Lipinski definition) is 1. The van der Waals surface area contributed by atoms with Gasteiger partial charge in [0.15, 0.2) is 5.78 Å². The zero-order valence-electron chi connectivity index (χ0n) is 11.8. The van der Waals surface area contributed by atoms with Crippen LogP contribution in [0.5, 0.6) is 5.75 Å². The highest BCUT2D eigenvalue weighted by Crippen LogP contribution is 2.32. The Morgan fingerprint density at radius 3 is 2.45 bits per heavy atom. The fourth-order valence-corrected chi connectivity index (χ4v) is 2.56. The molecule has 0 radical (unpaired) electrons. The maximum absolute atomic E-state index is 12.6. The van der Waals surface area contributed by atoms with E-state index < -0.39 is 11.8 Å². The van der Waals surface area contributed by atoms with Crippen molar-refractivity contribution in [1.29, 1.82) is 5.26 Å². The molecule has 5 heteroatoms. The van der Waals surface area contributed by atoms with Crippen LogP contribution < -0.4 is 0 Å². The van der Waals surface area contributed by atoms with Gasteiger partial charge in [-0.1, -0.05) is 54.4 Å². The van der Waals surface area contributed by atoms with Crippen molar-refractivity contribution in [3.8, 4) is 11.8 Å². The number of rotatable bonds is 4. The molecule has 0 aliphatic carbocycles. The molecule has 0 saturated carbocycles. The number of ketones is 1. The Bertz CT molecular complexity index is 753. The molecule has 2 rings (SSSR count). The monoisotopic (exact) mass is 333 g/mol. The van der Waals surface area contributed by atoms with Crippen LogP contribution in [0, 0.1) is 11.3 Å². The third kappa shape index (κ3) is 3.24. The quantitative estimate of drug-likeness (QED) is 0.883. The van der Waals surface area contributed by atoms with Crippen LogP contribution in [-0.4, -0.2) is 10.9 Å². The first-order chi connectivity index (χ1) is 10.5. The van der Waals surface area contributed by atoms with Gasteiger partial charge in [-0.2, -0.15) is 5.26 Å². The number of Topliss-reactive ketones (excluding diaryl/α,β-unsaturated/α-hetero) is 1. The average molecular weight is 334 g/mol. The largest absolute Gasteiger partial charge is 0.508 e. The molecular weight excluding hydrogens is 321 g/mol. The molecule has 0 aliphatic rings. The van der Waals surface area contributed by atoms with Gasteiger partial charge < -0.3 is 5.11 Å². The van der Waals surface area contributed by atoms with Crippen molar-refractivity contribution < 1.29 is 9.90 Å². The minimum Gasteiger partial charge on any atom is -0.508 e. The molecule has 2 atom stereocenters. The van der Waals surface area contributed by atoms with Crippen LogP contribution >= 0.6 is 23.2 Å². The van der Waals surface area contributed by atoms with Crippen LogP contribution in [0.3, 0.4) is 0 Å². The Balaban J connectivity index is 2.35. The lowest BCUT2D eigenvalue weighted by atomic mass is 9.85. The molecule has 0 aromatic heterocycles. The number of phenols is 1. The number of benzene rings is 2. The number of aromatic hydroxyl groups is 1. The van der Waals surface area contributed by atoms with Crippen LogP contribution in [0.25, 0.3) is 0 Å². The Morgan fingerprint density at radius 2 is 1.86 bits per heavy atom. The van der Waals surface area contributed by atoms with E-state index in [0.29, 0.717) is 21.2 Å². The normalized spacial score (nSPS) is 13.2. The topological polar surface area (TPSA) is 61.1 Å². The molecular formula is C17H13Cl2NO2. The fourth-order valence-electron chi connectivity index (χ4n) is 2.25. The number of phenolic OH excluding ortho intramolecular Hbond substituents is 1. The van der Waals surface area contributed by atoms with Crippen molar-refractivity contribution in [1.82, 2.24) is 0 Å². The summed E-state index contributed by atoms with van der Waals surface area (Å²) in [6.07, 6.45) is 0. The second kappa shape index (κ2) is 6.83. The van der Waals surface area contributed by atoms with E-state index in [4.69, 9.17) is 23.2 Å². The summed E-state index contributed by atoms with van der Waals surface area (Å²) >= 11 is 11.8. The number of nitrogens with zero attached hydrogens (tertiary/aromatic N) is 1. The molecule has 2 unspecified atom stereocenters. The van der Waals surface area contributed by atoms with Gasteiger partial charge in [-0.15, -0.1) is 0 Å². The average Bonchev–Trinajstić information content (AvgIpc) is 2.51. The summed E-state index contributed by atoms with van der Waals surface area (Å²) in [5.41, 5.74) is 0.983. The highest BCUT2D eigenvalue weighted by molar-refractivity contribution is 6.42. The van der Waals surface area contributed by atoms with Gasteiger partial charge in [-0.25, -0.2) is 0 Å². The fraction of sp³-hybridized carbons (Fsp3) is 0.176. The highest BCUT2D eigenvalue weighted by Gasteiger charge is 2.28. The number of carbonyl (C=O) groups is 1. The Labute approximate surface area is 138 Å². The molecule has 0 saturated heterocycles. The van der Waals surface area contributed by atoms with E-state index in [-0.39, 0.29) is 11.5 Å². The molecule has 2 aromatic carbocycles. The number of nitriles is 1. The molecule has 3 nitrogen and oxygen atoms in total. The second-order valence-corrected chi connectivity index (χ2v) is 5.73. The van der Waals surface area contributed by atoms with Crippen LogP contribution in [0.1, 0.15) is 29.9 Å². The van der Waals surface area contributed by atoms with Crippen molar-refractivity contribution in [2.45, 2.75) is 18.8 Å². The molecule has 0 amide bonds. The predicted octanol–water partition coefficient (Wildman–Crippen LogP) is 4.68. The highest BCUT2D eigenvalue weighted by atomic mass is 35.5. The van der Waals surface area contributed by atoms with E-state index in [1.54, 1.807) is 37.3 Å². The Morgan fingerprint density at radius 1 is 1.18 bits per heavy atom. The molecule has 22 heavy (non-hydrogen) atoms. The second-order valence-electron chi connectivity index (χ2n) is 4.92. The molecule has 0 aliphatic heterocycles. The van der Waals surface area contributed by atoms with Crippen LogP contribution in [-0.2, 0) is 4.79 Å². The minimum atomic E-state index is -0.968. The summed E-state index contributed by atoms with van der Waals surface area (Å²) < 4.78 is 0. The van der Waals surface area contributed by atoms with Gasteiger partial charge in [0, 0.05) is 11.5 Å². The van der Waals surface area contributed by atoms with Crippen molar-refractivity contribution in [2.24, 2.45) is 0 Å². The summed E-state index contributed by atoms with van der Waals surface area (Å²) in [4.78, 5) is 12.6. The first kappa shape index (κ1) is 16.4. The summed E-state index contributed by atoms with van der Waals surface area (Å²) in [6.45, 7) is 1.67. The lowest BCUT2D eigenvalue weighted by Gasteiger charge is -2.16. The summed E-state index contributed by atoms with van der Waals surface area (Å²) in [5.74, 6) is -1.85. The van der Waals surface area contributed by atoms with Gasteiger partial charge in [0.25, 0.3) is 0 Å². The smallest absolute Gasteiger partial charge is 0.161 e. The molecule has 0 bridgehead atoms. The standard InChI is InChI=1S/C17H13Cl2NO2/c1-10(12-4-2-3-5-16(12)21)17(22)13(9-20)11-6-7-14(18)15(19)8-11/h2-8,10,13,21H,1H3. The van der Waals surface area contributed by atoms with Crippen molar-refractivity contribution in [3.63, 3.8) is 0 Å². The number of carbonyl (C=O) groups excluding carboxylic acids is 1. The van der Waals surface area contributed by atoms with Crippen molar-refractivity contribution in [2.75, 3.05) is 0 Å².